The Balaban J connectivity index is 1.63. The maximum absolute atomic E-state index is 10.7. The lowest BCUT2D eigenvalue weighted by molar-refractivity contribution is -0.136. The molecule has 0 saturated carbocycles. The van der Waals surface area contributed by atoms with Crippen molar-refractivity contribution >= 4 is 5.97 Å². The SMILES string of the molecule is O=C(O)CCc1cccc([C@H]2CCCN(Cc3ncc[nH]3)C2)n1. The lowest BCUT2D eigenvalue weighted by Crippen LogP contribution is -2.34. The molecule has 0 amide bonds. The van der Waals surface area contributed by atoms with Gasteiger partial charge in [0.1, 0.15) is 5.82 Å². The maximum atomic E-state index is 10.7. The molecule has 0 radical (unpaired) electrons. The summed E-state index contributed by atoms with van der Waals surface area (Å²) in [7, 11) is 0. The number of carboxylic acid groups (broad SMARTS) is 1. The Morgan fingerprint density at radius 1 is 1.43 bits per heavy atom. The quantitative estimate of drug-likeness (QED) is 0.854. The summed E-state index contributed by atoms with van der Waals surface area (Å²) in [6.07, 6.45) is 6.53. The molecule has 1 aliphatic rings. The Morgan fingerprint density at radius 2 is 2.35 bits per heavy atom. The summed E-state index contributed by atoms with van der Waals surface area (Å²) in [6.45, 7) is 2.88. The molecule has 2 N–H and O–H groups in total. The third-order valence-electron chi connectivity index (χ3n) is 4.28. The first-order chi connectivity index (χ1) is 11.2. The van der Waals surface area contributed by atoms with Crippen LogP contribution in [0.3, 0.4) is 0 Å². The van der Waals surface area contributed by atoms with Gasteiger partial charge in [-0.1, -0.05) is 6.07 Å². The molecule has 1 atom stereocenters. The van der Waals surface area contributed by atoms with Gasteiger partial charge in [0, 0.05) is 42.7 Å². The molecular weight excluding hydrogens is 292 g/mol. The van der Waals surface area contributed by atoms with Crippen LogP contribution in [0.1, 0.15) is 42.4 Å². The van der Waals surface area contributed by atoms with Crippen molar-refractivity contribution in [2.45, 2.75) is 38.1 Å². The Morgan fingerprint density at radius 3 is 3.13 bits per heavy atom. The van der Waals surface area contributed by atoms with Crippen LogP contribution in [-0.2, 0) is 17.8 Å². The maximum Gasteiger partial charge on any atom is 0.303 e. The molecule has 6 heteroatoms. The standard InChI is InChI=1S/C17H22N4O2/c22-17(23)7-6-14-4-1-5-15(20-14)13-3-2-10-21(11-13)12-16-18-8-9-19-16/h1,4-5,8-9,13H,2-3,6-7,10-12H2,(H,18,19)(H,22,23)/t13-/m0/s1. The summed E-state index contributed by atoms with van der Waals surface area (Å²) >= 11 is 0. The fourth-order valence-corrected chi connectivity index (χ4v) is 3.14. The second-order valence-electron chi connectivity index (χ2n) is 6.06. The molecule has 0 aromatic carbocycles. The van der Waals surface area contributed by atoms with Crippen LogP contribution in [0.5, 0.6) is 0 Å². The van der Waals surface area contributed by atoms with Gasteiger partial charge >= 0.3 is 5.97 Å². The molecule has 1 saturated heterocycles. The highest BCUT2D eigenvalue weighted by Gasteiger charge is 2.23. The molecule has 6 nitrogen and oxygen atoms in total. The minimum atomic E-state index is -0.778. The normalized spacial score (nSPS) is 18.9. The Bertz CT molecular complexity index is 642. The van der Waals surface area contributed by atoms with Crippen molar-refractivity contribution < 1.29 is 9.90 Å². The zero-order valence-electron chi connectivity index (χ0n) is 13.1. The van der Waals surface area contributed by atoms with Crippen molar-refractivity contribution in [1.82, 2.24) is 19.9 Å². The summed E-state index contributed by atoms with van der Waals surface area (Å²) < 4.78 is 0. The number of pyridine rings is 1. The van der Waals surface area contributed by atoms with Crippen LogP contribution in [0.15, 0.2) is 30.6 Å². The van der Waals surface area contributed by atoms with Gasteiger partial charge < -0.3 is 10.1 Å². The zero-order chi connectivity index (χ0) is 16.1. The second-order valence-corrected chi connectivity index (χ2v) is 6.06. The molecule has 3 heterocycles. The summed E-state index contributed by atoms with van der Waals surface area (Å²) in [5.41, 5.74) is 1.95. The number of hydrogen-bond donors (Lipinski definition) is 2. The van der Waals surface area contributed by atoms with Gasteiger partial charge in [0.05, 0.1) is 13.0 Å². The molecule has 0 bridgehead atoms. The first-order valence-corrected chi connectivity index (χ1v) is 8.09. The van der Waals surface area contributed by atoms with Gasteiger partial charge in [-0.2, -0.15) is 0 Å². The van der Waals surface area contributed by atoms with Gasteiger partial charge in [-0.15, -0.1) is 0 Å². The first kappa shape index (κ1) is 15.7. The van der Waals surface area contributed by atoms with E-state index in [0.29, 0.717) is 12.3 Å². The van der Waals surface area contributed by atoms with E-state index in [-0.39, 0.29) is 6.42 Å². The summed E-state index contributed by atoms with van der Waals surface area (Å²) in [4.78, 5) is 25.2. The van der Waals surface area contributed by atoms with E-state index in [1.165, 1.54) is 0 Å². The van der Waals surface area contributed by atoms with Crippen LogP contribution >= 0.6 is 0 Å². The Hall–Kier alpha value is -2.21. The molecule has 3 rings (SSSR count). The number of nitrogens with zero attached hydrogens (tertiary/aromatic N) is 3. The molecule has 1 aliphatic heterocycles. The fourth-order valence-electron chi connectivity index (χ4n) is 3.14. The van der Waals surface area contributed by atoms with Gasteiger partial charge in [-0.25, -0.2) is 4.98 Å². The van der Waals surface area contributed by atoms with Gasteiger partial charge in [0.25, 0.3) is 0 Å². The fraction of sp³-hybridized carbons (Fsp3) is 0.471. The van der Waals surface area contributed by atoms with E-state index in [0.717, 1.165) is 49.7 Å². The average Bonchev–Trinajstić information content (AvgIpc) is 3.06. The number of aromatic nitrogens is 3. The number of aryl methyl sites for hydroxylation is 1. The number of hydrogen-bond acceptors (Lipinski definition) is 4. The van der Waals surface area contributed by atoms with Crippen molar-refractivity contribution in [3.63, 3.8) is 0 Å². The van der Waals surface area contributed by atoms with E-state index in [1.807, 2.05) is 18.3 Å². The minimum Gasteiger partial charge on any atom is -0.481 e. The highest BCUT2D eigenvalue weighted by molar-refractivity contribution is 5.66. The van der Waals surface area contributed by atoms with Crippen molar-refractivity contribution in [3.05, 3.63) is 47.8 Å². The van der Waals surface area contributed by atoms with Gasteiger partial charge in [0.15, 0.2) is 0 Å². The van der Waals surface area contributed by atoms with Crippen LogP contribution in [0.2, 0.25) is 0 Å². The number of rotatable bonds is 6. The van der Waals surface area contributed by atoms with Crippen molar-refractivity contribution in [1.29, 1.82) is 0 Å². The number of aliphatic carboxylic acids is 1. The van der Waals surface area contributed by atoms with Gasteiger partial charge in [-0.3, -0.25) is 14.7 Å². The monoisotopic (exact) mass is 314 g/mol. The number of carbonyl (C=O) groups is 1. The molecule has 2 aromatic rings. The average molecular weight is 314 g/mol. The third kappa shape index (κ3) is 4.39. The summed E-state index contributed by atoms with van der Waals surface area (Å²) in [5.74, 6) is 0.622. The largest absolute Gasteiger partial charge is 0.481 e. The highest BCUT2D eigenvalue weighted by Crippen LogP contribution is 2.26. The van der Waals surface area contributed by atoms with Crippen LogP contribution in [-0.4, -0.2) is 44.0 Å². The van der Waals surface area contributed by atoms with E-state index in [9.17, 15) is 4.79 Å². The first-order valence-electron chi connectivity index (χ1n) is 8.09. The van der Waals surface area contributed by atoms with E-state index < -0.39 is 5.97 Å². The van der Waals surface area contributed by atoms with Crippen LogP contribution in [0.25, 0.3) is 0 Å². The number of H-pyrrole nitrogens is 1. The number of aromatic amines is 1. The predicted molar refractivity (Wildman–Crippen MR) is 86.0 cm³/mol. The van der Waals surface area contributed by atoms with Gasteiger partial charge in [-0.05, 0) is 31.5 Å². The molecule has 0 unspecified atom stereocenters. The topological polar surface area (TPSA) is 82.1 Å². The van der Waals surface area contributed by atoms with Crippen LogP contribution < -0.4 is 0 Å². The molecule has 2 aromatic heterocycles. The summed E-state index contributed by atoms with van der Waals surface area (Å²) in [6, 6.07) is 5.96. The van der Waals surface area contributed by atoms with E-state index in [2.05, 4.69) is 25.9 Å². The number of piperidine rings is 1. The van der Waals surface area contributed by atoms with Crippen LogP contribution in [0.4, 0.5) is 0 Å². The highest BCUT2D eigenvalue weighted by atomic mass is 16.4. The molecule has 1 fully saturated rings. The van der Waals surface area contributed by atoms with Gasteiger partial charge in [0.2, 0.25) is 0 Å². The van der Waals surface area contributed by atoms with Crippen LogP contribution in [0, 0.1) is 0 Å². The molecule has 23 heavy (non-hydrogen) atoms. The summed E-state index contributed by atoms with van der Waals surface area (Å²) in [5, 5.41) is 8.81. The molecule has 0 aliphatic carbocycles. The van der Waals surface area contributed by atoms with E-state index >= 15 is 0 Å². The lowest BCUT2D eigenvalue weighted by Gasteiger charge is -2.32. The van der Waals surface area contributed by atoms with Crippen molar-refractivity contribution in [2.75, 3.05) is 13.1 Å². The zero-order valence-corrected chi connectivity index (χ0v) is 13.1. The Kier molecular flexibility index (Phi) is 5.02. The smallest absolute Gasteiger partial charge is 0.303 e. The molecule has 0 spiro atoms. The number of imidazole rings is 1. The van der Waals surface area contributed by atoms with Crippen molar-refractivity contribution in [2.24, 2.45) is 0 Å². The number of likely N-dealkylation sites (tertiary alicyclic amines) is 1. The van der Waals surface area contributed by atoms with Crippen molar-refractivity contribution in [3.8, 4) is 0 Å². The van der Waals surface area contributed by atoms with E-state index in [1.54, 1.807) is 6.20 Å². The molecular formula is C17H22N4O2. The minimum absolute atomic E-state index is 0.131. The predicted octanol–water partition coefficient (Wildman–Crippen LogP) is 2.20. The number of nitrogens with one attached hydrogen (secondary N) is 1. The van der Waals surface area contributed by atoms with E-state index in [4.69, 9.17) is 5.11 Å². The Labute approximate surface area is 135 Å². The number of carboxylic acids is 1. The third-order valence-corrected chi connectivity index (χ3v) is 4.28. The lowest BCUT2D eigenvalue weighted by atomic mass is 9.94. The second kappa shape index (κ2) is 7.37. The molecule has 122 valence electrons.